The molecule has 0 aromatic heterocycles. The van der Waals surface area contributed by atoms with E-state index in [1.54, 1.807) is 0 Å². The Morgan fingerprint density at radius 2 is 1.67 bits per heavy atom. The van der Waals surface area contributed by atoms with Crippen molar-refractivity contribution in [2.45, 2.75) is 51.4 Å². The van der Waals surface area contributed by atoms with Crippen LogP contribution < -0.4 is 0 Å². The molecule has 0 aliphatic carbocycles. The second kappa shape index (κ2) is 8.57. The number of ether oxygens (including phenoxy) is 1. The summed E-state index contributed by atoms with van der Waals surface area (Å²) in [5.41, 5.74) is 1.29. The van der Waals surface area contributed by atoms with Crippen LogP contribution in [0.3, 0.4) is 0 Å². The molecular formula is C23H29NO3. The van der Waals surface area contributed by atoms with E-state index in [-0.39, 0.29) is 24.7 Å². The maximum Gasteiger partial charge on any atom is 0.410 e. The lowest BCUT2D eigenvalue weighted by molar-refractivity contribution is -0.0489. The molecule has 2 unspecified atom stereocenters. The largest absolute Gasteiger partial charge is 0.445 e. The predicted octanol–water partition coefficient (Wildman–Crippen LogP) is 4.42. The SMILES string of the molecule is CC(C)(O)C1CCCN(C(=O)OCc2ccccc2)C1Cc1ccccc1. The Morgan fingerprint density at radius 1 is 1.07 bits per heavy atom. The Labute approximate surface area is 161 Å². The number of aliphatic hydroxyl groups is 1. The molecular weight excluding hydrogens is 338 g/mol. The number of likely N-dealkylation sites (tertiary alicyclic amines) is 1. The first-order valence-corrected chi connectivity index (χ1v) is 9.69. The molecule has 4 nitrogen and oxygen atoms in total. The molecule has 3 rings (SSSR count). The first-order chi connectivity index (χ1) is 12.9. The first-order valence-electron chi connectivity index (χ1n) is 9.69. The summed E-state index contributed by atoms with van der Waals surface area (Å²) in [7, 11) is 0. The summed E-state index contributed by atoms with van der Waals surface area (Å²) in [5.74, 6) is 0.00994. The van der Waals surface area contributed by atoms with Gasteiger partial charge in [0.15, 0.2) is 0 Å². The van der Waals surface area contributed by atoms with Crippen molar-refractivity contribution in [1.82, 2.24) is 4.90 Å². The van der Waals surface area contributed by atoms with Gasteiger partial charge in [0.25, 0.3) is 0 Å². The van der Waals surface area contributed by atoms with E-state index >= 15 is 0 Å². The van der Waals surface area contributed by atoms with Crippen LogP contribution in [0, 0.1) is 5.92 Å². The van der Waals surface area contributed by atoms with E-state index in [4.69, 9.17) is 4.74 Å². The van der Waals surface area contributed by atoms with Crippen LogP contribution in [-0.4, -0.2) is 34.3 Å². The van der Waals surface area contributed by atoms with Crippen LogP contribution in [0.15, 0.2) is 60.7 Å². The molecule has 2 aromatic carbocycles. The van der Waals surface area contributed by atoms with Crippen LogP contribution in [0.2, 0.25) is 0 Å². The maximum absolute atomic E-state index is 12.9. The summed E-state index contributed by atoms with van der Waals surface area (Å²) in [6, 6.07) is 19.8. The molecule has 1 heterocycles. The fourth-order valence-corrected chi connectivity index (χ4v) is 4.02. The van der Waals surface area contributed by atoms with Crippen LogP contribution in [0.1, 0.15) is 37.8 Å². The zero-order valence-corrected chi connectivity index (χ0v) is 16.2. The maximum atomic E-state index is 12.9. The van der Waals surface area contributed by atoms with Crippen molar-refractivity contribution in [2.75, 3.05) is 6.54 Å². The number of carbonyl (C=O) groups excluding carboxylic acids is 1. The monoisotopic (exact) mass is 367 g/mol. The lowest BCUT2D eigenvalue weighted by Gasteiger charge is -2.45. The lowest BCUT2D eigenvalue weighted by atomic mass is 9.76. The summed E-state index contributed by atoms with van der Waals surface area (Å²) < 4.78 is 5.60. The molecule has 2 atom stereocenters. The van der Waals surface area contributed by atoms with Crippen LogP contribution in [0.4, 0.5) is 4.79 Å². The van der Waals surface area contributed by atoms with Crippen molar-refractivity contribution in [2.24, 2.45) is 5.92 Å². The van der Waals surface area contributed by atoms with Crippen molar-refractivity contribution in [3.8, 4) is 0 Å². The number of nitrogens with zero attached hydrogens (tertiary/aromatic N) is 1. The summed E-state index contributed by atoms with van der Waals surface area (Å²) in [6.07, 6.45) is 2.20. The number of hydrogen-bond acceptors (Lipinski definition) is 3. The number of rotatable bonds is 5. The van der Waals surface area contributed by atoms with E-state index in [0.717, 1.165) is 24.8 Å². The third-order valence-corrected chi connectivity index (χ3v) is 5.41. The molecule has 1 aliphatic heterocycles. The van der Waals surface area contributed by atoms with Gasteiger partial charge in [0.1, 0.15) is 6.61 Å². The van der Waals surface area contributed by atoms with Crippen molar-refractivity contribution in [3.05, 3.63) is 71.8 Å². The molecule has 1 amide bonds. The van der Waals surface area contributed by atoms with Gasteiger partial charge in [-0.2, -0.15) is 0 Å². The molecule has 0 spiro atoms. The lowest BCUT2D eigenvalue weighted by Crippen LogP contribution is -2.55. The zero-order chi connectivity index (χ0) is 19.3. The minimum atomic E-state index is -0.849. The highest BCUT2D eigenvalue weighted by atomic mass is 16.6. The number of carbonyl (C=O) groups is 1. The quantitative estimate of drug-likeness (QED) is 0.851. The molecule has 0 radical (unpaired) electrons. The number of benzene rings is 2. The minimum absolute atomic E-state index is 0.00994. The third-order valence-electron chi connectivity index (χ3n) is 5.41. The fourth-order valence-electron chi connectivity index (χ4n) is 4.02. The van der Waals surface area contributed by atoms with Gasteiger partial charge < -0.3 is 14.7 Å². The smallest absolute Gasteiger partial charge is 0.410 e. The van der Waals surface area contributed by atoms with Crippen molar-refractivity contribution in [3.63, 3.8) is 0 Å². The first kappa shape index (κ1) is 19.4. The van der Waals surface area contributed by atoms with Gasteiger partial charge in [-0.1, -0.05) is 60.7 Å². The van der Waals surface area contributed by atoms with Crippen molar-refractivity contribution < 1.29 is 14.6 Å². The van der Waals surface area contributed by atoms with Gasteiger partial charge in [0.05, 0.1) is 5.60 Å². The zero-order valence-electron chi connectivity index (χ0n) is 16.2. The van der Waals surface area contributed by atoms with Gasteiger partial charge in [0, 0.05) is 18.5 Å². The van der Waals surface area contributed by atoms with Gasteiger partial charge >= 0.3 is 6.09 Å². The van der Waals surface area contributed by atoms with Crippen LogP contribution in [0.5, 0.6) is 0 Å². The van der Waals surface area contributed by atoms with E-state index in [0.29, 0.717) is 6.54 Å². The molecule has 1 N–H and O–H groups in total. The Bertz CT molecular complexity index is 724. The van der Waals surface area contributed by atoms with Crippen molar-refractivity contribution in [1.29, 1.82) is 0 Å². The highest BCUT2D eigenvalue weighted by Crippen LogP contribution is 2.34. The summed E-state index contributed by atoms with van der Waals surface area (Å²) >= 11 is 0. The number of piperidine rings is 1. The molecule has 27 heavy (non-hydrogen) atoms. The van der Waals surface area contributed by atoms with Crippen molar-refractivity contribution >= 4 is 6.09 Å². The molecule has 1 aliphatic rings. The Kier molecular flexibility index (Phi) is 6.17. The van der Waals surface area contributed by atoms with E-state index in [1.165, 1.54) is 5.56 Å². The van der Waals surface area contributed by atoms with Crippen LogP contribution in [0.25, 0.3) is 0 Å². The predicted molar refractivity (Wildman–Crippen MR) is 106 cm³/mol. The van der Waals surface area contributed by atoms with Gasteiger partial charge in [-0.05, 0) is 44.2 Å². The highest BCUT2D eigenvalue weighted by molar-refractivity contribution is 5.68. The van der Waals surface area contributed by atoms with Gasteiger partial charge in [0.2, 0.25) is 0 Å². The van der Waals surface area contributed by atoms with E-state index in [9.17, 15) is 9.90 Å². The molecule has 0 bridgehead atoms. The van der Waals surface area contributed by atoms with Gasteiger partial charge in [-0.15, -0.1) is 0 Å². The second-order valence-corrected chi connectivity index (χ2v) is 7.89. The molecule has 2 aromatic rings. The number of amides is 1. The molecule has 1 fully saturated rings. The highest BCUT2D eigenvalue weighted by Gasteiger charge is 2.42. The standard InChI is InChI=1S/C23H29NO3/c1-23(2,26)20-14-9-15-24(21(20)16-18-10-5-3-6-11-18)22(25)27-17-19-12-7-4-8-13-19/h3-8,10-13,20-21,26H,9,14-17H2,1-2H3. The topological polar surface area (TPSA) is 49.8 Å². The molecule has 4 heteroatoms. The van der Waals surface area contributed by atoms with E-state index < -0.39 is 5.60 Å². The second-order valence-electron chi connectivity index (χ2n) is 7.89. The Hall–Kier alpha value is -2.33. The average molecular weight is 367 g/mol. The summed E-state index contributed by atoms with van der Waals surface area (Å²) in [5, 5.41) is 10.7. The summed E-state index contributed by atoms with van der Waals surface area (Å²) in [6.45, 7) is 4.61. The summed E-state index contributed by atoms with van der Waals surface area (Å²) in [4.78, 5) is 14.7. The normalized spacial score (nSPS) is 20.3. The van der Waals surface area contributed by atoms with E-state index in [1.807, 2.05) is 67.3 Å². The van der Waals surface area contributed by atoms with Gasteiger partial charge in [-0.3, -0.25) is 0 Å². The average Bonchev–Trinajstić information content (AvgIpc) is 2.67. The van der Waals surface area contributed by atoms with Crippen LogP contribution >= 0.6 is 0 Å². The Morgan fingerprint density at radius 3 is 2.26 bits per heavy atom. The molecule has 144 valence electrons. The third kappa shape index (κ3) is 5.10. The number of hydrogen-bond donors (Lipinski definition) is 1. The fraction of sp³-hybridized carbons (Fsp3) is 0.435. The van der Waals surface area contributed by atoms with Gasteiger partial charge in [-0.25, -0.2) is 4.79 Å². The molecule has 0 saturated carbocycles. The molecule has 1 saturated heterocycles. The Balaban J connectivity index is 1.76. The van der Waals surface area contributed by atoms with E-state index in [2.05, 4.69) is 12.1 Å². The van der Waals surface area contributed by atoms with Crippen LogP contribution in [-0.2, 0) is 17.8 Å². The minimum Gasteiger partial charge on any atom is -0.445 e.